The van der Waals surface area contributed by atoms with E-state index in [1.165, 1.54) is 65.5 Å². The number of rotatable bonds is 4. The summed E-state index contributed by atoms with van der Waals surface area (Å²) in [5.74, 6) is 1.15. The van der Waals surface area contributed by atoms with Gasteiger partial charge in [-0.25, -0.2) is 0 Å². The van der Waals surface area contributed by atoms with Gasteiger partial charge in [-0.1, -0.05) is 109 Å². The second-order valence-corrected chi connectivity index (χ2v) is 9.64. The van der Waals surface area contributed by atoms with Crippen LogP contribution < -0.4 is 0 Å². The van der Waals surface area contributed by atoms with E-state index >= 15 is 0 Å². The molecule has 1 atom stereocenters. The molecule has 0 heterocycles. The molecule has 0 spiro atoms. The molecular weight excluding hydrogens is 372 g/mol. The molecule has 4 aliphatic rings. The van der Waals surface area contributed by atoms with Gasteiger partial charge in [-0.15, -0.1) is 0 Å². The van der Waals surface area contributed by atoms with Crippen molar-refractivity contribution in [2.75, 3.05) is 0 Å². The van der Waals surface area contributed by atoms with Gasteiger partial charge in [0.05, 0.1) is 0 Å². The van der Waals surface area contributed by atoms with Crippen LogP contribution in [0.25, 0.3) is 5.57 Å². The third-order valence-corrected chi connectivity index (χ3v) is 7.16. The number of hydrogen-bond acceptors (Lipinski definition) is 0. The first-order valence-electron chi connectivity index (χ1n) is 12.0. The summed E-state index contributed by atoms with van der Waals surface area (Å²) in [6.07, 6.45) is 29.0. The zero-order valence-electron chi connectivity index (χ0n) is 18.9. The van der Waals surface area contributed by atoms with Crippen LogP contribution in [0, 0.1) is 25.2 Å². The Bertz CT molecular complexity index is 1050. The predicted octanol–water partition coefficient (Wildman–Crippen LogP) is 8.42. The highest BCUT2D eigenvalue weighted by atomic mass is 14.3. The van der Waals surface area contributed by atoms with Crippen molar-refractivity contribution >= 4 is 5.57 Å². The summed E-state index contributed by atoms with van der Waals surface area (Å²) in [6, 6.07) is 9.05. The van der Waals surface area contributed by atoms with Crippen molar-refractivity contribution < 1.29 is 0 Å². The molecule has 0 nitrogen and oxygen atoms in total. The Morgan fingerprint density at radius 1 is 0.806 bits per heavy atom. The molecule has 1 radical (unpaired) electrons. The van der Waals surface area contributed by atoms with Crippen LogP contribution in [0.5, 0.6) is 0 Å². The average molecular weight is 406 g/mol. The minimum atomic E-state index is 0.424. The highest BCUT2D eigenvalue weighted by Gasteiger charge is 2.30. The van der Waals surface area contributed by atoms with Crippen molar-refractivity contribution in [1.29, 1.82) is 0 Å². The molecule has 1 aromatic carbocycles. The van der Waals surface area contributed by atoms with Crippen LogP contribution in [0.1, 0.15) is 56.6 Å². The topological polar surface area (TPSA) is 0 Å². The van der Waals surface area contributed by atoms with E-state index in [0.717, 1.165) is 12.3 Å². The van der Waals surface area contributed by atoms with Gasteiger partial charge in [-0.05, 0) is 66.9 Å². The Balaban J connectivity index is 1.47. The molecule has 0 heteroatoms. The number of allylic oxidation sites excluding steroid dienone is 14. The molecule has 1 fully saturated rings. The molecule has 0 aromatic heterocycles. The Hall–Kier alpha value is -2.60. The maximum atomic E-state index is 2.52. The van der Waals surface area contributed by atoms with E-state index in [-0.39, 0.29) is 0 Å². The van der Waals surface area contributed by atoms with Gasteiger partial charge in [0.15, 0.2) is 0 Å². The molecule has 0 aliphatic heterocycles. The highest BCUT2D eigenvalue weighted by molar-refractivity contribution is 5.80. The summed E-state index contributed by atoms with van der Waals surface area (Å²) in [5.41, 5.74) is 11.4. The first-order chi connectivity index (χ1) is 15.2. The van der Waals surface area contributed by atoms with Crippen molar-refractivity contribution in [1.82, 2.24) is 0 Å². The number of hydrogen-bond donors (Lipinski definition) is 0. The zero-order chi connectivity index (χ0) is 21.2. The van der Waals surface area contributed by atoms with Crippen molar-refractivity contribution in [3.63, 3.8) is 0 Å². The number of aryl methyl sites for hydroxylation is 1. The summed E-state index contributed by atoms with van der Waals surface area (Å²) < 4.78 is 0. The molecule has 1 aromatic rings. The quantitative estimate of drug-likeness (QED) is 0.471. The molecule has 1 saturated carbocycles. The largest absolute Gasteiger partial charge is 0.0761 e. The van der Waals surface area contributed by atoms with Crippen LogP contribution in [-0.4, -0.2) is 0 Å². The molecule has 5 rings (SSSR count). The van der Waals surface area contributed by atoms with Crippen LogP contribution in [0.4, 0.5) is 0 Å². The lowest BCUT2D eigenvalue weighted by Gasteiger charge is -2.30. The Labute approximate surface area is 188 Å². The second kappa shape index (κ2) is 8.87. The number of fused-ring (bicyclic) bond motifs is 1. The van der Waals surface area contributed by atoms with Crippen LogP contribution in [0.15, 0.2) is 101 Å². The molecule has 1 unspecified atom stereocenters. The lowest BCUT2D eigenvalue weighted by atomic mass is 9.74. The molecule has 4 aliphatic carbocycles. The van der Waals surface area contributed by atoms with Gasteiger partial charge in [0.2, 0.25) is 0 Å². The molecule has 0 saturated heterocycles. The minimum Gasteiger partial charge on any atom is -0.0761 e. The van der Waals surface area contributed by atoms with Gasteiger partial charge in [0, 0.05) is 12.3 Å². The minimum absolute atomic E-state index is 0.424. The molecule has 157 valence electrons. The fraction of sp³-hybridized carbons (Fsp3) is 0.323. The Morgan fingerprint density at radius 3 is 2.42 bits per heavy atom. The Morgan fingerprint density at radius 2 is 1.61 bits per heavy atom. The van der Waals surface area contributed by atoms with Gasteiger partial charge >= 0.3 is 0 Å². The summed E-state index contributed by atoms with van der Waals surface area (Å²) in [6.45, 7) is 4.33. The van der Waals surface area contributed by atoms with E-state index in [1.54, 1.807) is 11.1 Å². The molecule has 0 bridgehead atoms. The van der Waals surface area contributed by atoms with Crippen LogP contribution in [0.3, 0.4) is 0 Å². The van der Waals surface area contributed by atoms with Crippen molar-refractivity contribution in [3.05, 3.63) is 118 Å². The standard InChI is InChI=1S/C31H33/c1-22-7-6-8-24(14-11-22)17-25-18-29-20-28(26-15-12-23(2)13-16-26)21-31(30(29)19-25)27-9-4-3-5-10-27/h6-8,11-16,18-21,27,29H,3-5,9-10,17H2,1-2H3. The molecule has 0 N–H and O–H groups in total. The number of benzene rings is 1. The highest BCUT2D eigenvalue weighted by Crippen LogP contribution is 2.45. The smallest absolute Gasteiger partial charge is 0.0216 e. The summed E-state index contributed by atoms with van der Waals surface area (Å²) >= 11 is 0. The fourth-order valence-corrected chi connectivity index (χ4v) is 5.40. The molecular formula is C31H33. The van der Waals surface area contributed by atoms with E-state index < -0.39 is 0 Å². The van der Waals surface area contributed by atoms with Gasteiger partial charge in [-0.3, -0.25) is 0 Å². The van der Waals surface area contributed by atoms with Crippen molar-refractivity contribution in [3.8, 4) is 0 Å². The van der Waals surface area contributed by atoms with Gasteiger partial charge in [-0.2, -0.15) is 0 Å². The average Bonchev–Trinajstić information content (AvgIpc) is 3.08. The van der Waals surface area contributed by atoms with E-state index in [1.807, 2.05) is 0 Å². The second-order valence-electron chi connectivity index (χ2n) is 9.64. The lowest BCUT2D eigenvalue weighted by molar-refractivity contribution is 0.403. The van der Waals surface area contributed by atoms with E-state index in [4.69, 9.17) is 0 Å². The summed E-state index contributed by atoms with van der Waals surface area (Å²) in [7, 11) is 0. The van der Waals surface area contributed by atoms with Gasteiger partial charge in [0.25, 0.3) is 0 Å². The predicted molar refractivity (Wildman–Crippen MR) is 133 cm³/mol. The van der Waals surface area contributed by atoms with Crippen molar-refractivity contribution in [2.24, 2.45) is 11.8 Å². The van der Waals surface area contributed by atoms with Gasteiger partial charge in [0.1, 0.15) is 0 Å². The summed E-state index contributed by atoms with van der Waals surface area (Å²) in [5, 5.41) is 0. The summed E-state index contributed by atoms with van der Waals surface area (Å²) in [4.78, 5) is 0. The van der Waals surface area contributed by atoms with E-state index in [2.05, 4.69) is 93.1 Å². The fourth-order valence-electron chi connectivity index (χ4n) is 5.40. The first kappa shape index (κ1) is 20.3. The zero-order valence-corrected chi connectivity index (χ0v) is 18.9. The van der Waals surface area contributed by atoms with Crippen molar-refractivity contribution in [2.45, 2.75) is 52.4 Å². The van der Waals surface area contributed by atoms with E-state index in [0.29, 0.717) is 5.92 Å². The monoisotopic (exact) mass is 405 g/mol. The van der Waals surface area contributed by atoms with Crippen LogP contribution >= 0.6 is 0 Å². The maximum Gasteiger partial charge on any atom is 0.0216 e. The van der Waals surface area contributed by atoms with Crippen LogP contribution in [0.2, 0.25) is 0 Å². The SMILES string of the molecule is CC1=CC=C(CC2=CC3C=C(c4ccc(C)cc4)C=C(C4CCCCC4)C3=C2)[CH]C=C1. The molecule has 0 amide bonds. The normalized spacial score (nSPS) is 23.7. The van der Waals surface area contributed by atoms with Gasteiger partial charge < -0.3 is 0 Å². The molecule has 31 heavy (non-hydrogen) atoms. The Kier molecular flexibility index (Phi) is 5.81. The third-order valence-electron chi connectivity index (χ3n) is 7.16. The third kappa shape index (κ3) is 4.54. The van der Waals surface area contributed by atoms with E-state index in [9.17, 15) is 0 Å². The van der Waals surface area contributed by atoms with Crippen LogP contribution in [-0.2, 0) is 0 Å². The first-order valence-corrected chi connectivity index (χ1v) is 12.0. The maximum absolute atomic E-state index is 2.52. The lowest BCUT2D eigenvalue weighted by Crippen LogP contribution is -2.15.